The van der Waals surface area contributed by atoms with Crippen molar-refractivity contribution in [3.63, 3.8) is 0 Å². The zero-order chi connectivity index (χ0) is 11.3. The molecule has 0 bridgehead atoms. The molecule has 0 saturated carbocycles. The van der Waals surface area contributed by atoms with E-state index in [-0.39, 0.29) is 51.4 Å². The van der Waals surface area contributed by atoms with Gasteiger partial charge in [-0.05, 0) is 24.8 Å². The minimum atomic E-state index is -1.01. The normalized spacial score (nSPS) is 13.5. The van der Waals surface area contributed by atoms with Crippen LogP contribution in [0.4, 0.5) is 4.79 Å². The van der Waals surface area contributed by atoms with Gasteiger partial charge in [0.15, 0.2) is 5.65 Å². The van der Waals surface area contributed by atoms with Gasteiger partial charge in [-0.2, -0.15) is 0 Å². The molecule has 17 heavy (non-hydrogen) atoms. The molecule has 2 aromatic rings. The van der Waals surface area contributed by atoms with Crippen LogP contribution in [0.2, 0.25) is 5.15 Å². The third-order valence-corrected chi connectivity index (χ3v) is 3.23. The van der Waals surface area contributed by atoms with Gasteiger partial charge in [0.2, 0.25) is 0 Å². The second-order valence-corrected chi connectivity index (χ2v) is 4.12. The van der Waals surface area contributed by atoms with Gasteiger partial charge in [0.25, 0.3) is 0 Å². The van der Waals surface area contributed by atoms with E-state index in [4.69, 9.17) is 11.6 Å². The zero-order valence-corrected chi connectivity index (χ0v) is 13.2. The molecule has 1 aliphatic carbocycles. The Morgan fingerprint density at radius 2 is 2.18 bits per heavy atom. The number of carbonyl (C=O) groups is 1. The number of aryl methyl sites for hydroxylation is 1. The van der Waals surface area contributed by atoms with Crippen molar-refractivity contribution < 1.29 is 9.90 Å². The van der Waals surface area contributed by atoms with Gasteiger partial charge in [-0.25, -0.2) is 19.3 Å². The fourth-order valence-electron chi connectivity index (χ4n) is 2.36. The molecule has 2 aromatic heterocycles. The van der Waals surface area contributed by atoms with Gasteiger partial charge in [-0.15, -0.1) is 0 Å². The van der Waals surface area contributed by atoms with Crippen LogP contribution >= 0.6 is 11.6 Å². The molecular weight excluding hydrogens is 269 g/mol. The SMILES string of the molecule is O=C(O)n1c2c(c3c(Cl)ncnc31)CCC2.[K]. The summed E-state index contributed by atoms with van der Waals surface area (Å²) in [7, 11) is 0. The van der Waals surface area contributed by atoms with Crippen LogP contribution in [0.15, 0.2) is 6.33 Å². The Morgan fingerprint density at radius 3 is 2.88 bits per heavy atom. The Balaban J connectivity index is 0.00000108. The first-order chi connectivity index (χ1) is 7.70. The summed E-state index contributed by atoms with van der Waals surface area (Å²) >= 11 is 6.00. The molecule has 0 aromatic carbocycles. The van der Waals surface area contributed by atoms with Crippen LogP contribution in [-0.2, 0) is 12.8 Å². The molecule has 83 valence electrons. The van der Waals surface area contributed by atoms with E-state index in [1.807, 2.05) is 0 Å². The number of nitrogens with zero attached hydrogens (tertiary/aromatic N) is 3. The predicted octanol–water partition coefficient (Wildman–Crippen LogP) is 1.72. The summed E-state index contributed by atoms with van der Waals surface area (Å²) in [5.41, 5.74) is 2.20. The molecule has 1 radical (unpaired) electrons. The van der Waals surface area contributed by atoms with Crippen molar-refractivity contribution >= 4 is 80.1 Å². The molecule has 0 atom stereocenters. The zero-order valence-electron chi connectivity index (χ0n) is 9.27. The molecular formula is C10H8ClKN3O2. The third-order valence-electron chi connectivity index (χ3n) is 2.94. The van der Waals surface area contributed by atoms with Crippen LogP contribution in [0.1, 0.15) is 17.7 Å². The number of rotatable bonds is 0. The first-order valence-electron chi connectivity index (χ1n) is 4.96. The van der Waals surface area contributed by atoms with Crippen LogP contribution < -0.4 is 0 Å². The number of carboxylic acid groups (broad SMARTS) is 1. The maximum absolute atomic E-state index is 11.2. The van der Waals surface area contributed by atoms with Crippen molar-refractivity contribution in [2.75, 3.05) is 0 Å². The van der Waals surface area contributed by atoms with E-state index in [2.05, 4.69) is 9.97 Å². The van der Waals surface area contributed by atoms with Gasteiger partial charge in [0, 0.05) is 57.1 Å². The maximum Gasteiger partial charge on any atom is 0.417 e. The second-order valence-electron chi connectivity index (χ2n) is 3.76. The van der Waals surface area contributed by atoms with Crippen molar-refractivity contribution in [1.29, 1.82) is 0 Å². The Kier molecular flexibility index (Phi) is 3.91. The molecule has 7 heteroatoms. The first-order valence-corrected chi connectivity index (χ1v) is 5.34. The number of fused-ring (bicyclic) bond motifs is 3. The average molecular weight is 277 g/mol. The fraction of sp³-hybridized carbons (Fsp3) is 0.300. The summed E-state index contributed by atoms with van der Waals surface area (Å²) in [5.74, 6) is 0. The number of hydrogen-bond acceptors (Lipinski definition) is 3. The molecule has 0 unspecified atom stereocenters. The van der Waals surface area contributed by atoms with Gasteiger partial charge in [0.05, 0.1) is 5.39 Å². The van der Waals surface area contributed by atoms with Crippen LogP contribution in [-0.4, -0.2) is 77.1 Å². The Bertz CT molecular complexity index is 611. The largest absolute Gasteiger partial charge is 0.464 e. The molecule has 3 rings (SSSR count). The van der Waals surface area contributed by atoms with Gasteiger partial charge < -0.3 is 5.11 Å². The third kappa shape index (κ3) is 1.96. The average Bonchev–Trinajstić information content (AvgIpc) is 2.75. The van der Waals surface area contributed by atoms with Crippen LogP contribution in [0.5, 0.6) is 0 Å². The Labute approximate surface area is 145 Å². The molecule has 2 heterocycles. The minimum absolute atomic E-state index is 0. The summed E-state index contributed by atoms with van der Waals surface area (Å²) in [5, 5.41) is 10.2. The molecule has 1 aliphatic rings. The molecule has 0 aliphatic heterocycles. The molecule has 0 amide bonds. The number of hydrogen-bond donors (Lipinski definition) is 1. The van der Waals surface area contributed by atoms with E-state index in [1.165, 1.54) is 10.9 Å². The smallest absolute Gasteiger partial charge is 0.417 e. The summed E-state index contributed by atoms with van der Waals surface area (Å²) in [6.45, 7) is 0. The molecule has 0 saturated heterocycles. The van der Waals surface area contributed by atoms with Gasteiger partial charge in [0.1, 0.15) is 11.5 Å². The van der Waals surface area contributed by atoms with Gasteiger partial charge >= 0.3 is 6.09 Å². The van der Waals surface area contributed by atoms with Crippen molar-refractivity contribution in [2.45, 2.75) is 19.3 Å². The molecule has 0 spiro atoms. The van der Waals surface area contributed by atoms with E-state index >= 15 is 0 Å². The monoisotopic (exact) mass is 276 g/mol. The fourth-order valence-corrected chi connectivity index (χ4v) is 2.60. The Morgan fingerprint density at radius 1 is 1.41 bits per heavy atom. The van der Waals surface area contributed by atoms with Crippen LogP contribution in [0.25, 0.3) is 11.0 Å². The van der Waals surface area contributed by atoms with Gasteiger partial charge in [-0.3, -0.25) is 0 Å². The standard InChI is InChI=1S/C10H8ClN3O2.K/c11-8-7-5-2-1-3-6(5)14(10(15)16)9(7)13-4-12-8;/h4H,1-3H2,(H,15,16);. The summed E-state index contributed by atoms with van der Waals surface area (Å²) in [6, 6.07) is 0. The molecule has 0 fully saturated rings. The maximum atomic E-state index is 11.2. The minimum Gasteiger partial charge on any atom is -0.464 e. The summed E-state index contributed by atoms with van der Waals surface area (Å²) in [4.78, 5) is 19.1. The van der Waals surface area contributed by atoms with Crippen molar-refractivity contribution in [3.05, 3.63) is 22.7 Å². The summed E-state index contributed by atoms with van der Waals surface area (Å²) < 4.78 is 1.23. The van der Waals surface area contributed by atoms with E-state index in [9.17, 15) is 9.90 Å². The van der Waals surface area contributed by atoms with E-state index in [0.717, 1.165) is 30.5 Å². The second kappa shape index (κ2) is 4.95. The topological polar surface area (TPSA) is 68.0 Å². The van der Waals surface area contributed by atoms with E-state index < -0.39 is 6.09 Å². The van der Waals surface area contributed by atoms with Crippen LogP contribution in [0.3, 0.4) is 0 Å². The number of halogens is 1. The number of aromatic nitrogens is 3. The molecule has 1 N–H and O–H groups in total. The van der Waals surface area contributed by atoms with Crippen LogP contribution in [0, 0.1) is 0 Å². The van der Waals surface area contributed by atoms with Crippen molar-refractivity contribution in [3.8, 4) is 0 Å². The van der Waals surface area contributed by atoms with E-state index in [0.29, 0.717) is 16.2 Å². The van der Waals surface area contributed by atoms with Crippen molar-refractivity contribution in [2.24, 2.45) is 0 Å². The summed E-state index contributed by atoms with van der Waals surface area (Å²) in [6.07, 6.45) is 2.84. The first kappa shape index (κ1) is 13.4. The molecule has 5 nitrogen and oxygen atoms in total. The van der Waals surface area contributed by atoms with E-state index in [1.54, 1.807) is 0 Å². The predicted molar refractivity (Wildman–Crippen MR) is 63.7 cm³/mol. The Hall–Kier alpha value is 0.0164. The van der Waals surface area contributed by atoms with Gasteiger partial charge in [-0.1, -0.05) is 11.6 Å². The van der Waals surface area contributed by atoms with Crippen molar-refractivity contribution in [1.82, 2.24) is 14.5 Å². The quantitative estimate of drug-likeness (QED) is 0.588.